The fourth-order valence-corrected chi connectivity index (χ4v) is 4.00. The molecule has 0 aliphatic carbocycles. The van der Waals surface area contributed by atoms with E-state index < -0.39 is 5.25 Å². The molecule has 29 heavy (non-hydrogen) atoms. The van der Waals surface area contributed by atoms with Crippen molar-refractivity contribution in [3.63, 3.8) is 0 Å². The monoisotopic (exact) mass is 428 g/mol. The number of nitrogens with one attached hydrogen (secondary N) is 1. The first-order valence-electron chi connectivity index (χ1n) is 8.81. The molecule has 0 saturated heterocycles. The highest BCUT2D eigenvalue weighted by Crippen LogP contribution is 2.39. The van der Waals surface area contributed by atoms with Crippen molar-refractivity contribution in [1.29, 1.82) is 0 Å². The summed E-state index contributed by atoms with van der Waals surface area (Å²) in [6, 6.07) is 20.3. The maximum absolute atomic E-state index is 13.2. The predicted octanol–water partition coefficient (Wildman–Crippen LogP) is 5.41. The lowest BCUT2D eigenvalue weighted by molar-refractivity contribution is -0.115. The molecular weight excluding hydrogens is 408 g/mol. The molecule has 0 spiro atoms. The minimum Gasteiger partial charge on any atom is -0.495 e. The van der Waals surface area contributed by atoms with Crippen LogP contribution in [0.2, 0.25) is 5.02 Å². The molecule has 3 rings (SSSR count). The van der Waals surface area contributed by atoms with E-state index in [1.165, 1.54) is 26.0 Å². The first-order chi connectivity index (χ1) is 14.0. The Labute approximate surface area is 179 Å². The van der Waals surface area contributed by atoms with Crippen molar-refractivity contribution < 1.29 is 14.3 Å². The van der Waals surface area contributed by atoms with Gasteiger partial charge in [-0.2, -0.15) is 0 Å². The number of carbonyl (C=O) groups excluding carboxylic acids is 1. The second-order valence-electron chi connectivity index (χ2n) is 6.15. The topological polar surface area (TPSA) is 73.6 Å². The Bertz CT molecular complexity index is 981. The number of anilines is 2. The minimum absolute atomic E-state index is 0.197. The van der Waals surface area contributed by atoms with E-state index in [9.17, 15) is 4.79 Å². The van der Waals surface area contributed by atoms with Gasteiger partial charge in [0.05, 0.1) is 24.9 Å². The number of hydrogen-bond acceptors (Lipinski definition) is 5. The molecule has 3 aromatic carbocycles. The molecule has 0 heterocycles. The number of carbonyl (C=O) groups is 1. The third-order valence-corrected chi connectivity index (χ3v) is 5.77. The first kappa shape index (κ1) is 20.9. The Kier molecular flexibility index (Phi) is 6.90. The number of amides is 1. The van der Waals surface area contributed by atoms with Crippen molar-refractivity contribution in [2.45, 2.75) is 10.1 Å². The zero-order valence-corrected chi connectivity index (χ0v) is 17.6. The lowest BCUT2D eigenvalue weighted by Gasteiger charge is -2.19. The van der Waals surface area contributed by atoms with Crippen LogP contribution in [-0.4, -0.2) is 20.1 Å². The van der Waals surface area contributed by atoms with Gasteiger partial charge in [-0.15, -0.1) is 11.8 Å². The Hall–Kier alpha value is -2.83. The SMILES string of the molecule is COc1cc(OC)c(NC(=O)C(Sc2ccc(N)cc2)c2ccccc2)cc1Cl. The molecule has 0 fully saturated rings. The van der Waals surface area contributed by atoms with Gasteiger partial charge in [0.25, 0.3) is 0 Å². The molecule has 0 aliphatic rings. The zero-order valence-electron chi connectivity index (χ0n) is 16.0. The van der Waals surface area contributed by atoms with Crippen molar-refractivity contribution in [2.75, 3.05) is 25.3 Å². The zero-order chi connectivity index (χ0) is 20.8. The van der Waals surface area contributed by atoms with Crippen LogP contribution < -0.4 is 20.5 Å². The van der Waals surface area contributed by atoms with Crippen LogP contribution in [0.15, 0.2) is 71.6 Å². The third-order valence-electron chi connectivity index (χ3n) is 4.21. The number of thioether (sulfide) groups is 1. The Morgan fingerprint density at radius 1 is 1.00 bits per heavy atom. The second-order valence-corrected chi connectivity index (χ2v) is 7.74. The molecule has 0 bridgehead atoms. The van der Waals surface area contributed by atoms with Gasteiger partial charge < -0.3 is 20.5 Å². The largest absolute Gasteiger partial charge is 0.495 e. The quantitative estimate of drug-likeness (QED) is 0.388. The number of rotatable bonds is 7. The van der Waals surface area contributed by atoms with Gasteiger partial charge in [0.1, 0.15) is 16.7 Å². The van der Waals surface area contributed by atoms with Crippen molar-refractivity contribution in [3.8, 4) is 11.5 Å². The Balaban J connectivity index is 1.91. The van der Waals surface area contributed by atoms with Crippen LogP contribution in [0.25, 0.3) is 0 Å². The van der Waals surface area contributed by atoms with Gasteiger partial charge in [-0.25, -0.2) is 0 Å². The summed E-state index contributed by atoms with van der Waals surface area (Å²) in [6.07, 6.45) is 0. The van der Waals surface area contributed by atoms with Crippen LogP contribution >= 0.6 is 23.4 Å². The fourth-order valence-electron chi connectivity index (χ4n) is 2.74. The van der Waals surface area contributed by atoms with Crippen LogP contribution in [0, 0.1) is 0 Å². The number of nitrogen functional groups attached to an aromatic ring is 1. The van der Waals surface area contributed by atoms with Gasteiger partial charge in [-0.1, -0.05) is 41.9 Å². The summed E-state index contributed by atoms with van der Waals surface area (Å²) < 4.78 is 10.6. The molecule has 3 N–H and O–H groups in total. The van der Waals surface area contributed by atoms with E-state index in [0.717, 1.165) is 10.5 Å². The minimum atomic E-state index is -0.481. The molecule has 7 heteroatoms. The number of ether oxygens (including phenoxy) is 2. The van der Waals surface area contributed by atoms with E-state index in [4.69, 9.17) is 26.8 Å². The lowest BCUT2D eigenvalue weighted by atomic mass is 10.1. The van der Waals surface area contributed by atoms with Crippen LogP contribution in [-0.2, 0) is 4.79 Å². The summed E-state index contributed by atoms with van der Waals surface area (Å²) >= 11 is 7.67. The summed E-state index contributed by atoms with van der Waals surface area (Å²) in [5, 5.41) is 2.83. The molecule has 0 radical (unpaired) electrons. The molecular formula is C22H21ClN2O3S. The molecule has 150 valence electrons. The van der Waals surface area contributed by atoms with Crippen LogP contribution in [0.4, 0.5) is 11.4 Å². The van der Waals surface area contributed by atoms with Gasteiger partial charge in [0, 0.05) is 16.6 Å². The van der Waals surface area contributed by atoms with Crippen LogP contribution in [0.5, 0.6) is 11.5 Å². The highest BCUT2D eigenvalue weighted by molar-refractivity contribution is 8.00. The normalized spacial score (nSPS) is 11.6. The highest BCUT2D eigenvalue weighted by Gasteiger charge is 2.24. The predicted molar refractivity (Wildman–Crippen MR) is 119 cm³/mol. The molecule has 3 aromatic rings. The maximum atomic E-state index is 13.2. The van der Waals surface area contributed by atoms with Crippen molar-refractivity contribution in [1.82, 2.24) is 0 Å². The van der Waals surface area contributed by atoms with Crippen LogP contribution in [0.3, 0.4) is 0 Å². The molecule has 1 unspecified atom stereocenters. The maximum Gasteiger partial charge on any atom is 0.242 e. The average Bonchev–Trinajstić information content (AvgIpc) is 2.74. The second kappa shape index (κ2) is 9.58. The first-order valence-corrected chi connectivity index (χ1v) is 10.1. The van der Waals surface area contributed by atoms with Gasteiger partial charge in [0.15, 0.2) is 0 Å². The third kappa shape index (κ3) is 5.16. The summed E-state index contributed by atoms with van der Waals surface area (Å²) in [4.78, 5) is 14.2. The van der Waals surface area contributed by atoms with Crippen molar-refractivity contribution in [3.05, 3.63) is 77.3 Å². The average molecular weight is 429 g/mol. The molecule has 0 saturated carbocycles. The number of benzene rings is 3. The molecule has 1 atom stereocenters. The molecule has 0 aliphatic heterocycles. The van der Waals surface area contributed by atoms with E-state index in [0.29, 0.717) is 27.9 Å². The van der Waals surface area contributed by atoms with E-state index in [1.54, 1.807) is 12.1 Å². The van der Waals surface area contributed by atoms with Gasteiger partial charge in [-0.3, -0.25) is 4.79 Å². The van der Waals surface area contributed by atoms with Crippen LogP contribution in [0.1, 0.15) is 10.8 Å². The Morgan fingerprint density at radius 3 is 2.28 bits per heavy atom. The summed E-state index contributed by atoms with van der Waals surface area (Å²) in [6.45, 7) is 0. The van der Waals surface area contributed by atoms with E-state index >= 15 is 0 Å². The molecule has 5 nitrogen and oxygen atoms in total. The van der Waals surface area contributed by atoms with Gasteiger partial charge in [-0.05, 0) is 35.9 Å². The number of hydrogen-bond donors (Lipinski definition) is 2. The van der Waals surface area contributed by atoms with E-state index in [1.807, 2.05) is 54.6 Å². The smallest absolute Gasteiger partial charge is 0.242 e. The number of halogens is 1. The Morgan fingerprint density at radius 2 is 1.66 bits per heavy atom. The lowest BCUT2D eigenvalue weighted by Crippen LogP contribution is -2.19. The standard InChI is InChI=1S/C22H21ClN2O3S/c1-27-19-13-20(28-2)18(12-17(19)23)25-22(26)21(14-6-4-3-5-7-14)29-16-10-8-15(24)9-11-16/h3-13,21H,24H2,1-2H3,(H,25,26). The van der Waals surface area contributed by atoms with Gasteiger partial charge >= 0.3 is 0 Å². The summed E-state index contributed by atoms with van der Waals surface area (Å²) in [5.41, 5.74) is 7.80. The summed E-state index contributed by atoms with van der Waals surface area (Å²) in [5.74, 6) is 0.735. The number of methoxy groups -OCH3 is 2. The number of nitrogens with two attached hydrogens (primary N) is 1. The van der Waals surface area contributed by atoms with Crippen molar-refractivity contribution in [2.24, 2.45) is 0 Å². The van der Waals surface area contributed by atoms with Crippen molar-refractivity contribution >= 4 is 40.6 Å². The fraction of sp³-hybridized carbons (Fsp3) is 0.136. The van der Waals surface area contributed by atoms with E-state index in [2.05, 4.69) is 5.32 Å². The molecule has 1 amide bonds. The highest BCUT2D eigenvalue weighted by atomic mass is 35.5. The van der Waals surface area contributed by atoms with E-state index in [-0.39, 0.29) is 5.91 Å². The summed E-state index contributed by atoms with van der Waals surface area (Å²) in [7, 11) is 3.05. The van der Waals surface area contributed by atoms with Gasteiger partial charge in [0.2, 0.25) is 5.91 Å². The molecule has 0 aromatic heterocycles.